The molecule has 0 saturated carbocycles. The molecule has 1 aromatic carbocycles. The predicted molar refractivity (Wildman–Crippen MR) is 76.1 cm³/mol. The van der Waals surface area contributed by atoms with Gasteiger partial charge in [0.05, 0.1) is 5.69 Å². The molecule has 1 unspecified atom stereocenters. The molecule has 0 bridgehead atoms. The van der Waals surface area contributed by atoms with Crippen molar-refractivity contribution in [2.45, 2.75) is 32.3 Å². The van der Waals surface area contributed by atoms with Gasteiger partial charge >= 0.3 is 0 Å². The van der Waals surface area contributed by atoms with E-state index in [1.54, 1.807) is 18.4 Å². The van der Waals surface area contributed by atoms with Crippen LogP contribution in [0.2, 0.25) is 0 Å². The van der Waals surface area contributed by atoms with Crippen molar-refractivity contribution in [3.05, 3.63) is 52.0 Å². The zero-order valence-corrected chi connectivity index (χ0v) is 12.1. The van der Waals surface area contributed by atoms with Gasteiger partial charge in [0.25, 0.3) is 0 Å². The van der Waals surface area contributed by atoms with Gasteiger partial charge in [-0.2, -0.15) is 0 Å². The second-order valence-corrected chi connectivity index (χ2v) is 6.24. The zero-order valence-electron chi connectivity index (χ0n) is 11.3. The van der Waals surface area contributed by atoms with Gasteiger partial charge in [0.1, 0.15) is 11.1 Å². The van der Waals surface area contributed by atoms with E-state index >= 15 is 0 Å². The van der Waals surface area contributed by atoms with E-state index in [1.165, 1.54) is 0 Å². The Morgan fingerprint density at radius 1 is 1.17 bits per heavy atom. The Morgan fingerprint density at radius 2 is 1.83 bits per heavy atom. The fourth-order valence-corrected chi connectivity index (χ4v) is 2.91. The van der Waals surface area contributed by atoms with Crippen molar-refractivity contribution in [1.82, 2.24) is 4.98 Å². The third-order valence-corrected chi connectivity index (χ3v) is 3.74. The maximum Gasteiger partial charge on any atom is 0.134 e. The van der Waals surface area contributed by atoms with Gasteiger partial charge in [-0.05, 0) is 5.56 Å². The van der Waals surface area contributed by atoms with Crippen molar-refractivity contribution in [3.63, 3.8) is 0 Å². The van der Waals surface area contributed by atoms with Crippen LogP contribution in [0.4, 0.5) is 0 Å². The summed E-state index contributed by atoms with van der Waals surface area (Å²) >= 11 is 1.67. The van der Waals surface area contributed by atoms with Gasteiger partial charge in [0, 0.05) is 17.9 Å². The van der Waals surface area contributed by atoms with E-state index in [-0.39, 0.29) is 11.5 Å². The second kappa shape index (κ2) is 5.21. The maximum absolute atomic E-state index is 5.60. The van der Waals surface area contributed by atoms with E-state index in [0.717, 1.165) is 16.3 Å². The highest BCUT2D eigenvalue weighted by molar-refractivity contribution is 7.09. The van der Waals surface area contributed by atoms with Crippen LogP contribution in [0.3, 0.4) is 0 Å². The summed E-state index contributed by atoms with van der Waals surface area (Å²) in [5.41, 5.74) is 2.36. The van der Waals surface area contributed by atoms with Crippen LogP contribution in [0, 0.1) is 0 Å². The van der Waals surface area contributed by atoms with Gasteiger partial charge in [-0.1, -0.05) is 51.1 Å². The number of methoxy groups -OCH3 is 1. The molecule has 0 radical (unpaired) electrons. The summed E-state index contributed by atoms with van der Waals surface area (Å²) < 4.78 is 5.60. The first-order valence-corrected chi connectivity index (χ1v) is 6.94. The van der Waals surface area contributed by atoms with Crippen LogP contribution in [-0.2, 0) is 10.2 Å². The van der Waals surface area contributed by atoms with Gasteiger partial charge in [-0.25, -0.2) is 4.98 Å². The molecule has 0 N–H and O–H groups in total. The van der Waals surface area contributed by atoms with E-state index in [9.17, 15) is 0 Å². The summed E-state index contributed by atoms with van der Waals surface area (Å²) in [5.74, 6) is 0. The largest absolute Gasteiger partial charge is 0.370 e. The Hall–Kier alpha value is -1.19. The average Bonchev–Trinajstić information content (AvgIpc) is 2.81. The molecule has 0 fully saturated rings. The molecular weight excluding hydrogens is 242 g/mol. The molecule has 2 nitrogen and oxygen atoms in total. The van der Waals surface area contributed by atoms with E-state index in [4.69, 9.17) is 9.72 Å². The lowest BCUT2D eigenvalue weighted by Crippen LogP contribution is -2.12. The summed E-state index contributed by atoms with van der Waals surface area (Å²) in [6.07, 6.45) is -0.0627. The van der Waals surface area contributed by atoms with E-state index in [2.05, 4.69) is 38.3 Å². The summed E-state index contributed by atoms with van der Waals surface area (Å²) in [6, 6.07) is 10.2. The zero-order chi connectivity index (χ0) is 13.2. The molecule has 96 valence electrons. The quantitative estimate of drug-likeness (QED) is 0.827. The van der Waals surface area contributed by atoms with Gasteiger partial charge in [0.2, 0.25) is 0 Å². The van der Waals surface area contributed by atoms with Crippen LogP contribution in [0.25, 0.3) is 0 Å². The van der Waals surface area contributed by atoms with E-state index < -0.39 is 0 Å². The van der Waals surface area contributed by atoms with Gasteiger partial charge in [-0.3, -0.25) is 0 Å². The Kier molecular flexibility index (Phi) is 3.83. The first-order chi connectivity index (χ1) is 8.52. The second-order valence-electron chi connectivity index (χ2n) is 5.35. The number of hydrogen-bond acceptors (Lipinski definition) is 3. The van der Waals surface area contributed by atoms with Gasteiger partial charge in [0.15, 0.2) is 0 Å². The molecule has 0 aliphatic heterocycles. The van der Waals surface area contributed by atoms with Crippen LogP contribution in [0.1, 0.15) is 43.1 Å². The highest BCUT2D eigenvalue weighted by Gasteiger charge is 2.22. The average molecular weight is 261 g/mol. The summed E-state index contributed by atoms with van der Waals surface area (Å²) in [5, 5.41) is 3.15. The normalized spacial score (nSPS) is 13.6. The summed E-state index contributed by atoms with van der Waals surface area (Å²) in [6.45, 7) is 6.53. The Balaban J connectivity index is 2.32. The SMILES string of the molecule is COC(c1ccccc1)c1nc(C(C)(C)C)cs1. The monoisotopic (exact) mass is 261 g/mol. The van der Waals surface area contributed by atoms with Crippen LogP contribution in [0.5, 0.6) is 0 Å². The highest BCUT2D eigenvalue weighted by atomic mass is 32.1. The molecule has 1 heterocycles. The maximum atomic E-state index is 5.60. The van der Waals surface area contributed by atoms with Gasteiger partial charge < -0.3 is 4.74 Å². The summed E-state index contributed by atoms with van der Waals surface area (Å²) in [7, 11) is 1.73. The van der Waals surface area contributed by atoms with Crippen molar-refractivity contribution in [2.75, 3.05) is 7.11 Å². The molecule has 2 rings (SSSR count). The minimum Gasteiger partial charge on any atom is -0.370 e. The smallest absolute Gasteiger partial charge is 0.134 e. The Labute approximate surface area is 113 Å². The van der Waals surface area contributed by atoms with Crippen LogP contribution >= 0.6 is 11.3 Å². The molecule has 2 aromatic rings. The van der Waals surface area contributed by atoms with Crippen LogP contribution in [-0.4, -0.2) is 12.1 Å². The molecule has 1 atom stereocenters. The number of ether oxygens (including phenoxy) is 1. The number of rotatable bonds is 3. The molecule has 0 aliphatic rings. The number of hydrogen-bond donors (Lipinski definition) is 0. The molecule has 3 heteroatoms. The number of nitrogens with zero attached hydrogens (tertiary/aromatic N) is 1. The molecular formula is C15H19NOS. The van der Waals surface area contributed by atoms with E-state index in [1.807, 2.05) is 18.2 Å². The Morgan fingerprint density at radius 3 is 2.33 bits per heavy atom. The third-order valence-electron chi connectivity index (χ3n) is 2.85. The highest BCUT2D eigenvalue weighted by Crippen LogP contribution is 2.31. The third kappa shape index (κ3) is 2.79. The lowest BCUT2D eigenvalue weighted by molar-refractivity contribution is 0.136. The lowest BCUT2D eigenvalue weighted by Gasteiger charge is -2.16. The number of aromatic nitrogens is 1. The first kappa shape index (κ1) is 13.2. The molecule has 1 aromatic heterocycles. The minimum absolute atomic E-state index is 0.0627. The number of benzene rings is 1. The molecule has 0 amide bonds. The number of thiazole rings is 1. The van der Waals surface area contributed by atoms with Crippen molar-refractivity contribution in [2.24, 2.45) is 0 Å². The lowest BCUT2D eigenvalue weighted by atomic mass is 9.93. The standard InChI is InChI=1S/C15H19NOS/c1-15(2,3)12-10-18-14(16-12)13(17-4)11-8-6-5-7-9-11/h5-10,13H,1-4H3. The fraction of sp³-hybridized carbons (Fsp3) is 0.400. The van der Waals surface area contributed by atoms with Crippen LogP contribution in [0.15, 0.2) is 35.7 Å². The predicted octanol–water partition coefficient (Wildman–Crippen LogP) is 4.18. The van der Waals surface area contributed by atoms with Crippen molar-refractivity contribution >= 4 is 11.3 Å². The first-order valence-electron chi connectivity index (χ1n) is 6.06. The topological polar surface area (TPSA) is 22.1 Å². The van der Waals surface area contributed by atoms with Crippen LogP contribution < -0.4 is 0 Å². The van der Waals surface area contributed by atoms with Crippen molar-refractivity contribution < 1.29 is 4.74 Å². The minimum atomic E-state index is -0.0627. The van der Waals surface area contributed by atoms with E-state index in [0.29, 0.717) is 0 Å². The molecule has 0 aliphatic carbocycles. The Bertz CT molecular complexity index is 499. The summed E-state index contributed by atoms with van der Waals surface area (Å²) in [4.78, 5) is 4.72. The fourth-order valence-electron chi connectivity index (χ4n) is 1.76. The molecule has 0 spiro atoms. The molecule has 18 heavy (non-hydrogen) atoms. The van der Waals surface area contributed by atoms with Gasteiger partial charge in [-0.15, -0.1) is 11.3 Å². The van der Waals surface area contributed by atoms with Crippen molar-refractivity contribution in [1.29, 1.82) is 0 Å². The van der Waals surface area contributed by atoms with Crippen molar-refractivity contribution in [3.8, 4) is 0 Å². The molecule has 0 saturated heterocycles.